The second-order valence-electron chi connectivity index (χ2n) is 4.26. The molecule has 1 aliphatic rings. The SMILES string of the molecule is CC1CN(C(=O)Nc2cccnc2C(=O)O)CCO1. The minimum Gasteiger partial charge on any atom is -0.476 e. The van der Waals surface area contributed by atoms with E-state index in [2.05, 4.69) is 10.3 Å². The number of nitrogens with zero attached hydrogens (tertiary/aromatic N) is 2. The second kappa shape index (κ2) is 5.66. The zero-order valence-electron chi connectivity index (χ0n) is 10.5. The Hall–Kier alpha value is -2.15. The van der Waals surface area contributed by atoms with Crippen molar-refractivity contribution in [3.8, 4) is 0 Å². The largest absolute Gasteiger partial charge is 0.476 e. The van der Waals surface area contributed by atoms with Gasteiger partial charge in [0.2, 0.25) is 0 Å². The first kappa shape index (κ1) is 13.3. The number of pyridine rings is 1. The molecule has 2 amide bonds. The van der Waals surface area contributed by atoms with Crippen LogP contribution in [0, 0.1) is 0 Å². The van der Waals surface area contributed by atoms with Gasteiger partial charge in [-0.15, -0.1) is 0 Å². The Morgan fingerprint density at radius 2 is 2.37 bits per heavy atom. The lowest BCUT2D eigenvalue weighted by Crippen LogP contribution is -2.46. The van der Waals surface area contributed by atoms with E-state index in [0.717, 1.165) is 0 Å². The summed E-state index contributed by atoms with van der Waals surface area (Å²) in [7, 11) is 0. The van der Waals surface area contributed by atoms with Gasteiger partial charge in [0, 0.05) is 19.3 Å². The Morgan fingerprint density at radius 3 is 3.05 bits per heavy atom. The van der Waals surface area contributed by atoms with Crippen molar-refractivity contribution in [2.45, 2.75) is 13.0 Å². The molecule has 1 aromatic heterocycles. The zero-order valence-corrected chi connectivity index (χ0v) is 10.5. The van der Waals surface area contributed by atoms with Crippen LogP contribution in [0.1, 0.15) is 17.4 Å². The van der Waals surface area contributed by atoms with Crippen LogP contribution in [-0.4, -0.2) is 52.8 Å². The number of carboxylic acid groups (broad SMARTS) is 1. The molecule has 1 unspecified atom stereocenters. The van der Waals surface area contributed by atoms with E-state index in [1.165, 1.54) is 12.3 Å². The van der Waals surface area contributed by atoms with Gasteiger partial charge in [-0.05, 0) is 19.1 Å². The van der Waals surface area contributed by atoms with Gasteiger partial charge in [-0.1, -0.05) is 0 Å². The maximum atomic E-state index is 12.0. The van der Waals surface area contributed by atoms with Gasteiger partial charge < -0.3 is 20.1 Å². The smallest absolute Gasteiger partial charge is 0.356 e. The first-order chi connectivity index (χ1) is 9.08. The number of ether oxygens (including phenoxy) is 1. The third-order valence-electron chi connectivity index (χ3n) is 2.78. The van der Waals surface area contributed by atoms with Crippen LogP contribution in [0.3, 0.4) is 0 Å². The number of hydrogen-bond donors (Lipinski definition) is 2. The van der Waals surface area contributed by atoms with Gasteiger partial charge in [-0.2, -0.15) is 0 Å². The van der Waals surface area contributed by atoms with E-state index >= 15 is 0 Å². The van der Waals surface area contributed by atoms with E-state index in [1.54, 1.807) is 11.0 Å². The Balaban J connectivity index is 2.08. The molecule has 102 valence electrons. The van der Waals surface area contributed by atoms with Crippen molar-refractivity contribution in [1.29, 1.82) is 0 Å². The standard InChI is InChI=1S/C12H15N3O4/c1-8-7-15(5-6-19-8)12(18)14-9-3-2-4-13-10(9)11(16)17/h2-4,8H,5-7H2,1H3,(H,14,18)(H,16,17). The summed E-state index contributed by atoms with van der Waals surface area (Å²) in [4.78, 5) is 28.3. The number of morpholine rings is 1. The lowest BCUT2D eigenvalue weighted by molar-refractivity contribution is -0.00139. The molecule has 1 atom stereocenters. The molecule has 2 rings (SSSR count). The molecular formula is C12H15N3O4. The maximum Gasteiger partial charge on any atom is 0.356 e. The van der Waals surface area contributed by atoms with Gasteiger partial charge in [-0.3, -0.25) is 0 Å². The van der Waals surface area contributed by atoms with Gasteiger partial charge in [-0.25, -0.2) is 14.6 Å². The lowest BCUT2D eigenvalue weighted by atomic mass is 10.3. The zero-order chi connectivity index (χ0) is 13.8. The molecule has 1 fully saturated rings. The van der Waals surface area contributed by atoms with Crippen LogP contribution in [0.4, 0.5) is 10.5 Å². The average molecular weight is 265 g/mol. The van der Waals surface area contributed by atoms with Crippen LogP contribution in [0.15, 0.2) is 18.3 Å². The number of nitrogens with one attached hydrogen (secondary N) is 1. The molecule has 7 nitrogen and oxygen atoms in total. The number of carbonyl (C=O) groups is 2. The molecule has 19 heavy (non-hydrogen) atoms. The summed E-state index contributed by atoms with van der Waals surface area (Å²) < 4.78 is 5.34. The third-order valence-corrected chi connectivity index (χ3v) is 2.78. The van der Waals surface area contributed by atoms with Crippen molar-refractivity contribution >= 4 is 17.7 Å². The van der Waals surface area contributed by atoms with Crippen molar-refractivity contribution in [2.75, 3.05) is 25.0 Å². The molecule has 1 saturated heterocycles. The fourth-order valence-electron chi connectivity index (χ4n) is 1.87. The predicted molar refractivity (Wildman–Crippen MR) is 67.2 cm³/mol. The summed E-state index contributed by atoms with van der Waals surface area (Å²) in [6.07, 6.45) is 1.35. The van der Waals surface area contributed by atoms with Crippen molar-refractivity contribution in [3.05, 3.63) is 24.0 Å². The van der Waals surface area contributed by atoms with Gasteiger partial charge in [0.15, 0.2) is 5.69 Å². The summed E-state index contributed by atoms with van der Waals surface area (Å²) in [5.74, 6) is -1.17. The number of aromatic nitrogens is 1. The van der Waals surface area contributed by atoms with Crippen LogP contribution in [0.25, 0.3) is 0 Å². The molecule has 0 radical (unpaired) electrons. The van der Waals surface area contributed by atoms with E-state index in [4.69, 9.17) is 9.84 Å². The van der Waals surface area contributed by atoms with Gasteiger partial charge in [0.1, 0.15) is 0 Å². The number of anilines is 1. The molecule has 0 aliphatic carbocycles. The maximum absolute atomic E-state index is 12.0. The van der Waals surface area contributed by atoms with Crippen molar-refractivity contribution < 1.29 is 19.4 Å². The van der Waals surface area contributed by atoms with Gasteiger partial charge in [0.25, 0.3) is 0 Å². The van der Waals surface area contributed by atoms with Crippen LogP contribution in [-0.2, 0) is 4.74 Å². The number of amides is 2. The van der Waals surface area contributed by atoms with E-state index in [-0.39, 0.29) is 23.5 Å². The van der Waals surface area contributed by atoms with Crippen LogP contribution < -0.4 is 5.32 Å². The van der Waals surface area contributed by atoms with E-state index in [1.807, 2.05) is 6.92 Å². The highest BCUT2D eigenvalue weighted by molar-refractivity contribution is 5.98. The highest BCUT2D eigenvalue weighted by Gasteiger charge is 2.22. The lowest BCUT2D eigenvalue weighted by Gasteiger charge is -2.31. The van der Waals surface area contributed by atoms with Crippen LogP contribution in [0.2, 0.25) is 0 Å². The molecule has 7 heteroatoms. The third kappa shape index (κ3) is 3.19. The molecule has 0 spiro atoms. The first-order valence-corrected chi connectivity index (χ1v) is 5.94. The molecule has 1 aliphatic heterocycles. The molecule has 0 aromatic carbocycles. The quantitative estimate of drug-likeness (QED) is 0.833. The molecule has 1 aromatic rings. The molecule has 0 bridgehead atoms. The fraction of sp³-hybridized carbons (Fsp3) is 0.417. The molecule has 2 heterocycles. The number of rotatable bonds is 2. The van der Waals surface area contributed by atoms with Gasteiger partial charge >= 0.3 is 12.0 Å². The fourth-order valence-corrected chi connectivity index (χ4v) is 1.87. The Morgan fingerprint density at radius 1 is 1.58 bits per heavy atom. The summed E-state index contributed by atoms with van der Waals surface area (Å²) in [6.45, 7) is 3.33. The topological polar surface area (TPSA) is 91.8 Å². The number of carboxylic acids is 1. The van der Waals surface area contributed by atoms with E-state index < -0.39 is 5.97 Å². The highest BCUT2D eigenvalue weighted by atomic mass is 16.5. The van der Waals surface area contributed by atoms with E-state index in [0.29, 0.717) is 19.7 Å². The second-order valence-corrected chi connectivity index (χ2v) is 4.26. The monoisotopic (exact) mass is 265 g/mol. The van der Waals surface area contributed by atoms with Crippen molar-refractivity contribution in [1.82, 2.24) is 9.88 Å². The number of aromatic carboxylic acids is 1. The highest BCUT2D eigenvalue weighted by Crippen LogP contribution is 2.14. The summed E-state index contributed by atoms with van der Waals surface area (Å²) >= 11 is 0. The minimum absolute atomic E-state index is 0.0210. The Labute approximate surface area is 110 Å². The first-order valence-electron chi connectivity index (χ1n) is 5.94. The Kier molecular flexibility index (Phi) is 3.96. The molecule has 2 N–H and O–H groups in total. The summed E-state index contributed by atoms with van der Waals surface area (Å²) in [6, 6.07) is 2.74. The number of urea groups is 1. The van der Waals surface area contributed by atoms with Gasteiger partial charge in [0.05, 0.1) is 18.4 Å². The summed E-state index contributed by atoms with van der Waals surface area (Å²) in [5, 5.41) is 11.6. The molecule has 0 saturated carbocycles. The van der Waals surface area contributed by atoms with Crippen molar-refractivity contribution in [2.24, 2.45) is 0 Å². The minimum atomic E-state index is -1.17. The van der Waals surface area contributed by atoms with Crippen LogP contribution >= 0.6 is 0 Å². The van der Waals surface area contributed by atoms with Crippen molar-refractivity contribution in [3.63, 3.8) is 0 Å². The summed E-state index contributed by atoms with van der Waals surface area (Å²) in [5.41, 5.74) is 0.0244. The normalized spacial score (nSPS) is 19.0. The van der Waals surface area contributed by atoms with Crippen LogP contribution in [0.5, 0.6) is 0 Å². The number of hydrogen-bond acceptors (Lipinski definition) is 4. The predicted octanol–water partition coefficient (Wildman–Crippen LogP) is 1.03. The molecular weight excluding hydrogens is 250 g/mol. The average Bonchev–Trinajstić information content (AvgIpc) is 2.39. The Bertz CT molecular complexity index is 492. The van der Waals surface area contributed by atoms with E-state index in [9.17, 15) is 9.59 Å². The number of carbonyl (C=O) groups excluding carboxylic acids is 1.